The van der Waals surface area contributed by atoms with Crippen molar-refractivity contribution in [2.75, 3.05) is 18.8 Å². The fourth-order valence-corrected chi connectivity index (χ4v) is 6.81. The largest absolute Gasteiger partial charge is 0.331 e. The van der Waals surface area contributed by atoms with E-state index in [0.717, 1.165) is 17.5 Å². The van der Waals surface area contributed by atoms with Crippen LogP contribution in [-0.2, 0) is 14.8 Å². The molecule has 2 aliphatic rings. The van der Waals surface area contributed by atoms with Crippen molar-refractivity contribution in [3.63, 3.8) is 0 Å². The number of halogens is 2. The molecule has 0 aromatic heterocycles. The van der Waals surface area contributed by atoms with Gasteiger partial charge in [0.1, 0.15) is 0 Å². The summed E-state index contributed by atoms with van der Waals surface area (Å²) in [5.74, 6) is 0.333. The minimum absolute atomic E-state index is 0.0682. The van der Waals surface area contributed by atoms with Crippen LogP contribution in [0, 0.1) is 0 Å². The van der Waals surface area contributed by atoms with Gasteiger partial charge in [-0.1, -0.05) is 54.4 Å². The zero-order chi connectivity index (χ0) is 22.9. The van der Waals surface area contributed by atoms with E-state index in [1.807, 2.05) is 60.4 Å². The number of carbonyl (C=O) groups is 1. The molecule has 0 bridgehead atoms. The summed E-state index contributed by atoms with van der Waals surface area (Å²) >= 11 is 12.3. The molecule has 2 aromatic rings. The Balaban J connectivity index is 1.74. The van der Waals surface area contributed by atoms with Crippen LogP contribution < -0.4 is 0 Å². The number of hydrogen-bond acceptors (Lipinski definition) is 3. The SMILES string of the molecule is CCC(CN1CCCS1(=O)=O)N1C(=O)CCC(c2ccc(Cl)cc2)C1c1ccc(Cl)cc1. The lowest BCUT2D eigenvalue weighted by Crippen LogP contribution is -2.52. The van der Waals surface area contributed by atoms with Crippen molar-refractivity contribution >= 4 is 39.1 Å². The van der Waals surface area contributed by atoms with Crippen molar-refractivity contribution in [3.8, 4) is 0 Å². The second-order valence-corrected chi connectivity index (χ2v) is 11.5. The predicted octanol–water partition coefficient (Wildman–Crippen LogP) is 5.25. The number of nitrogens with zero attached hydrogens (tertiary/aromatic N) is 2. The van der Waals surface area contributed by atoms with Gasteiger partial charge in [-0.05, 0) is 54.7 Å². The lowest BCUT2D eigenvalue weighted by atomic mass is 9.79. The normalized spacial score (nSPS) is 24.6. The van der Waals surface area contributed by atoms with Crippen LogP contribution in [0.2, 0.25) is 10.0 Å². The van der Waals surface area contributed by atoms with Gasteiger partial charge in [0, 0.05) is 41.5 Å². The standard InChI is InChI=1S/C24H28Cl2N2O3S/c1-2-21(16-27-14-3-15-32(27,30)31)28-23(29)13-12-22(17-4-8-19(25)9-5-17)24(28)18-6-10-20(26)11-7-18/h4-11,21-22,24H,2-3,12-16H2,1H3. The minimum Gasteiger partial charge on any atom is -0.331 e. The number of hydrogen-bond donors (Lipinski definition) is 0. The fourth-order valence-electron chi connectivity index (χ4n) is 5.00. The number of piperidine rings is 1. The van der Waals surface area contributed by atoms with Crippen molar-refractivity contribution in [1.82, 2.24) is 9.21 Å². The number of sulfonamides is 1. The van der Waals surface area contributed by atoms with Crippen LogP contribution in [-0.4, -0.2) is 48.4 Å². The highest BCUT2D eigenvalue weighted by molar-refractivity contribution is 7.89. The van der Waals surface area contributed by atoms with Gasteiger partial charge >= 0.3 is 0 Å². The lowest BCUT2D eigenvalue weighted by molar-refractivity contribution is -0.141. The van der Waals surface area contributed by atoms with Gasteiger partial charge in [0.05, 0.1) is 11.8 Å². The number of rotatable bonds is 6. The molecular formula is C24H28Cl2N2O3S. The van der Waals surface area contributed by atoms with Gasteiger partial charge in [-0.2, -0.15) is 4.31 Å². The van der Waals surface area contributed by atoms with Crippen molar-refractivity contribution in [1.29, 1.82) is 0 Å². The van der Waals surface area contributed by atoms with Gasteiger partial charge in [0.25, 0.3) is 0 Å². The van der Waals surface area contributed by atoms with Crippen molar-refractivity contribution < 1.29 is 13.2 Å². The molecule has 0 radical (unpaired) electrons. The molecular weight excluding hydrogens is 467 g/mol. The summed E-state index contributed by atoms with van der Waals surface area (Å²) in [7, 11) is -3.24. The summed E-state index contributed by atoms with van der Waals surface area (Å²) in [6.45, 7) is 2.88. The quantitative estimate of drug-likeness (QED) is 0.550. The first-order chi connectivity index (χ1) is 15.3. The van der Waals surface area contributed by atoms with E-state index in [4.69, 9.17) is 23.2 Å². The van der Waals surface area contributed by atoms with Gasteiger partial charge in [-0.3, -0.25) is 4.79 Å². The van der Waals surface area contributed by atoms with Gasteiger partial charge in [-0.15, -0.1) is 0 Å². The molecule has 8 heteroatoms. The van der Waals surface area contributed by atoms with Crippen molar-refractivity contribution in [2.24, 2.45) is 0 Å². The molecule has 3 atom stereocenters. The van der Waals surface area contributed by atoms with Crippen LogP contribution in [0.25, 0.3) is 0 Å². The first-order valence-electron chi connectivity index (χ1n) is 11.1. The van der Waals surface area contributed by atoms with Gasteiger partial charge in [-0.25, -0.2) is 8.42 Å². The summed E-state index contributed by atoms with van der Waals surface area (Å²) in [4.78, 5) is 15.3. The molecule has 3 unspecified atom stereocenters. The molecule has 2 aromatic carbocycles. The maximum Gasteiger partial charge on any atom is 0.223 e. The zero-order valence-electron chi connectivity index (χ0n) is 18.1. The Morgan fingerprint density at radius 2 is 1.59 bits per heavy atom. The third-order valence-electron chi connectivity index (χ3n) is 6.63. The first kappa shape index (κ1) is 23.6. The average molecular weight is 495 g/mol. The molecule has 0 saturated carbocycles. The number of carbonyl (C=O) groups excluding carboxylic acids is 1. The first-order valence-corrected chi connectivity index (χ1v) is 13.5. The second kappa shape index (κ2) is 9.72. The topological polar surface area (TPSA) is 57.7 Å². The molecule has 0 spiro atoms. The van der Waals surface area contributed by atoms with Crippen LogP contribution in [0.15, 0.2) is 48.5 Å². The average Bonchev–Trinajstić information content (AvgIpc) is 3.11. The number of benzene rings is 2. The summed E-state index contributed by atoms with van der Waals surface area (Å²) in [6, 6.07) is 15.0. The van der Waals surface area contributed by atoms with E-state index in [2.05, 4.69) is 0 Å². The summed E-state index contributed by atoms with van der Waals surface area (Å²) in [5, 5.41) is 1.31. The van der Waals surface area contributed by atoms with Crippen molar-refractivity contribution in [2.45, 2.75) is 50.6 Å². The second-order valence-electron chi connectivity index (χ2n) is 8.58. The Morgan fingerprint density at radius 1 is 1.00 bits per heavy atom. The molecule has 5 nitrogen and oxygen atoms in total. The fraction of sp³-hybridized carbons (Fsp3) is 0.458. The Hall–Kier alpha value is -1.60. The number of likely N-dealkylation sites (tertiary alicyclic amines) is 1. The van der Waals surface area contributed by atoms with E-state index in [0.29, 0.717) is 42.4 Å². The zero-order valence-corrected chi connectivity index (χ0v) is 20.4. The molecule has 4 rings (SSSR count). The monoisotopic (exact) mass is 494 g/mol. The molecule has 2 heterocycles. The van der Waals surface area contributed by atoms with E-state index in [1.165, 1.54) is 0 Å². The summed E-state index contributed by atoms with van der Waals surface area (Å²) in [6.07, 6.45) is 2.47. The molecule has 1 amide bonds. The highest BCUT2D eigenvalue weighted by Crippen LogP contribution is 2.45. The Bertz CT molecular complexity index is 1060. The molecule has 32 heavy (non-hydrogen) atoms. The van der Waals surface area contributed by atoms with Crippen LogP contribution in [0.3, 0.4) is 0 Å². The molecule has 2 saturated heterocycles. The van der Waals surface area contributed by atoms with E-state index >= 15 is 0 Å². The Morgan fingerprint density at radius 3 is 2.12 bits per heavy atom. The molecule has 2 fully saturated rings. The highest BCUT2D eigenvalue weighted by Gasteiger charge is 2.42. The molecule has 172 valence electrons. The summed E-state index contributed by atoms with van der Waals surface area (Å²) in [5.41, 5.74) is 2.13. The van der Waals surface area contributed by atoms with Crippen molar-refractivity contribution in [3.05, 3.63) is 69.7 Å². The van der Waals surface area contributed by atoms with Crippen LogP contribution in [0.5, 0.6) is 0 Å². The van der Waals surface area contributed by atoms with Crippen LogP contribution in [0.1, 0.15) is 55.7 Å². The van der Waals surface area contributed by atoms with E-state index in [-0.39, 0.29) is 29.7 Å². The minimum atomic E-state index is -3.24. The maximum absolute atomic E-state index is 13.3. The van der Waals surface area contributed by atoms with Crippen LogP contribution >= 0.6 is 23.2 Å². The van der Waals surface area contributed by atoms with Gasteiger partial charge < -0.3 is 4.90 Å². The van der Waals surface area contributed by atoms with Gasteiger partial charge in [0.2, 0.25) is 15.9 Å². The third-order valence-corrected chi connectivity index (χ3v) is 9.06. The Kier molecular flexibility index (Phi) is 7.15. The smallest absolute Gasteiger partial charge is 0.223 e. The van der Waals surface area contributed by atoms with Gasteiger partial charge in [0.15, 0.2) is 0 Å². The van der Waals surface area contributed by atoms with E-state index < -0.39 is 10.0 Å². The third kappa shape index (κ3) is 4.84. The maximum atomic E-state index is 13.3. The van der Waals surface area contributed by atoms with E-state index in [1.54, 1.807) is 4.31 Å². The highest BCUT2D eigenvalue weighted by atomic mass is 35.5. The van der Waals surface area contributed by atoms with Crippen LogP contribution in [0.4, 0.5) is 0 Å². The molecule has 2 aliphatic heterocycles. The predicted molar refractivity (Wildman–Crippen MR) is 129 cm³/mol. The lowest BCUT2D eigenvalue weighted by Gasteiger charge is -2.46. The van der Waals surface area contributed by atoms with E-state index in [9.17, 15) is 13.2 Å². The number of amides is 1. The summed E-state index contributed by atoms with van der Waals surface area (Å²) < 4.78 is 26.5. The Labute approximate surface area is 200 Å². The molecule has 0 N–H and O–H groups in total. The molecule has 0 aliphatic carbocycles.